The molecule has 0 amide bonds. The minimum Gasteiger partial charge on any atom is -0.383 e. The van der Waals surface area contributed by atoms with Crippen LogP contribution in [-0.2, 0) is 6.54 Å². The standard InChI is InChI=1S/C10H12N4S2/c1-15-10-13-8(11)4-9(14-10)12-5-7-2-3-16-6-7/h2-4,6H,5H2,1H3,(H3,11,12,13,14). The number of thiophene rings is 1. The van der Waals surface area contributed by atoms with E-state index in [4.69, 9.17) is 5.73 Å². The molecule has 0 radical (unpaired) electrons. The number of nitrogens with one attached hydrogen (secondary N) is 1. The van der Waals surface area contributed by atoms with Gasteiger partial charge >= 0.3 is 0 Å². The largest absolute Gasteiger partial charge is 0.383 e. The van der Waals surface area contributed by atoms with E-state index < -0.39 is 0 Å². The van der Waals surface area contributed by atoms with Gasteiger partial charge in [-0.25, -0.2) is 9.97 Å². The Kier molecular flexibility index (Phi) is 3.63. The molecule has 4 nitrogen and oxygen atoms in total. The molecule has 0 aliphatic heterocycles. The predicted molar refractivity (Wildman–Crippen MR) is 69.9 cm³/mol. The quantitative estimate of drug-likeness (QED) is 0.646. The van der Waals surface area contributed by atoms with Gasteiger partial charge in [-0.05, 0) is 28.6 Å². The highest BCUT2D eigenvalue weighted by Gasteiger charge is 2.01. The van der Waals surface area contributed by atoms with Crippen molar-refractivity contribution in [3.05, 3.63) is 28.5 Å². The molecule has 6 heteroatoms. The van der Waals surface area contributed by atoms with E-state index >= 15 is 0 Å². The van der Waals surface area contributed by atoms with Crippen molar-refractivity contribution in [3.8, 4) is 0 Å². The van der Waals surface area contributed by atoms with E-state index in [1.54, 1.807) is 17.4 Å². The zero-order valence-electron chi connectivity index (χ0n) is 8.80. The van der Waals surface area contributed by atoms with E-state index in [2.05, 4.69) is 32.1 Å². The van der Waals surface area contributed by atoms with E-state index in [9.17, 15) is 0 Å². The first kappa shape index (κ1) is 11.2. The maximum atomic E-state index is 5.68. The highest BCUT2D eigenvalue weighted by Crippen LogP contribution is 2.16. The molecule has 0 saturated carbocycles. The lowest BCUT2D eigenvalue weighted by atomic mass is 10.3. The van der Waals surface area contributed by atoms with Crippen LogP contribution in [-0.4, -0.2) is 16.2 Å². The first-order valence-corrected chi connectivity index (χ1v) is 6.88. The lowest BCUT2D eigenvalue weighted by Crippen LogP contribution is -2.03. The van der Waals surface area contributed by atoms with Crippen LogP contribution < -0.4 is 11.1 Å². The van der Waals surface area contributed by atoms with Crippen LogP contribution >= 0.6 is 23.1 Å². The second-order valence-electron chi connectivity index (χ2n) is 3.15. The number of hydrogen-bond donors (Lipinski definition) is 2. The smallest absolute Gasteiger partial charge is 0.191 e. The maximum absolute atomic E-state index is 5.68. The maximum Gasteiger partial charge on any atom is 0.191 e. The van der Waals surface area contributed by atoms with E-state index in [-0.39, 0.29) is 0 Å². The molecule has 0 bridgehead atoms. The summed E-state index contributed by atoms with van der Waals surface area (Å²) >= 11 is 3.16. The number of hydrogen-bond acceptors (Lipinski definition) is 6. The van der Waals surface area contributed by atoms with Gasteiger partial charge in [0, 0.05) is 12.6 Å². The third-order valence-electron chi connectivity index (χ3n) is 1.96. The van der Waals surface area contributed by atoms with Crippen LogP contribution in [0.15, 0.2) is 28.0 Å². The van der Waals surface area contributed by atoms with Crippen molar-refractivity contribution < 1.29 is 0 Å². The van der Waals surface area contributed by atoms with Gasteiger partial charge in [0.25, 0.3) is 0 Å². The highest BCUT2D eigenvalue weighted by atomic mass is 32.2. The molecule has 3 N–H and O–H groups in total. The van der Waals surface area contributed by atoms with Crippen molar-refractivity contribution in [1.82, 2.24) is 9.97 Å². The summed E-state index contributed by atoms with van der Waals surface area (Å²) in [5.41, 5.74) is 6.92. The van der Waals surface area contributed by atoms with E-state index in [1.807, 2.05) is 6.26 Å². The predicted octanol–water partition coefficient (Wildman–Crippen LogP) is 2.45. The monoisotopic (exact) mass is 252 g/mol. The average Bonchev–Trinajstić information content (AvgIpc) is 2.78. The fraction of sp³-hybridized carbons (Fsp3) is 0.200. The fourth-order valence-electron chi connectivity index (χ4n) is 1.21. The van der Waals surface area contributed by atoms with Crippen molar-refractivity contribution in [2.75, 3.05) is 17.3 Å². The molecule has 2 aromatic heterocycles. The van der Waals surface area contributed by atoms with Gasteiger partial charge in [0.1, 0.15) is 11.6 Å². The summed E-state index contributed by atoms with van der Waals surface area (Å²) in [6.45, 7) is 0.758. The zero-order chi connectivity index (χ0) is 11.4. The van der Waals surface area contributed by atoms with Crippen LogP contribution in [0.3, 0.4) is 0 Å². The summed E-state index contributed by atoms with van der Waals surface area (Å²) in [6, 6.07) is 3.82. The number of thioether (sulfide) groups is 1. The van der Waals surface area contributed by atoms with Gasteiger partial charge in [-0.3, -0.25) is 0 Å². The van der Waals surface area contributed by atoms with Crippen LogP contribution in [0.4, 0.5) is 11.6 Å². The molecule has 2 aromatic rings. The summed E-state index contributed by atoms with van der Waals surface area (Å²) in [5, 5.41) is 8.07. The van der Waals surface area contributed by atoms with Crippen molar-refractivity contribution in [2.45, 2.75) is 11.7 Å². The van der Waals surface area contributed by atoms with Crippen LogP contribution in [0.1, 0.15) is 5.56 Å². The fourth-order valence-corrected chi connectivity index (χ4v) is 2.27. The SMILES string of the molecule is CSc1nc(N)cc(NCc2ccsc2)n1. The van der Waals surface area contributed by atoms with E-state index in [0.717, 1.165) is 12.4 Å². The minimum atomic E-state index is 0.493. The van der Waals surface area contributed by atoms with Gasteiger partial charge in [0.2, 0.25) is 0 Å². The lowest BCUT2D eigenvalue weighted by Gasteiger charge is -2.06. The minimum absolute atomic E-state index is 0.493. The van der Waals surface area contributed by atoms with Crippen molar-refractivity contribution in [3.63, 3.8) is 0 Å². The molecule has 84 valence electrons. The Bertz CT molecular complexity index is 456. The number of nitrogen functional groups attached to an aromatic ring is 1. The second kappa shape index (κ2) is 5.18. The molecule has 0 atom stereocenters. The third kappa shape index (κ3) is 2.86. The van der Waals surface area contributed by atoms with Crippen molar-refractivity contribution in [2.24, 2.45) is 0 Å². The summed E-state index contributed by atoms with van der Waals surface area (Å²) < 4.78 is 0. The summed E-state index contributed by atoms with van der Waals surface area (Å²) in [7, 11) is 0. The Morgan fingerprint density at radius 3 is 3.06 bits per heavy atom. The Hall–Kier alpha value is -1.27. The van der Waals surface area contributed by atoms with Gasteiger partial charge in [-0.1, -0.05) is 11.8 Å². The third-order valence-corrected chi connectivity index (χ3v) is 3.24. The Balaban J connectivity index is 2.06. The molecule has 2 rings (SSSR count). The molecule has 16 heavy (non-hydrogen) atoms. The molecule has 0 unspecified atom stereocenters. The lowest BCUT2D eigenvalue weighted by molar-refractivity contribution is 0.964. The zero-order valence-corrected chi connectivity index (χ0v) is 10.4. The van der Waals surface area contributed by atoms with E-state index in [1.165, 1.54) is 17.3 Å². The van der Waals surface area contributed by atoms with Gasteiger partial charge in [-0.15, -0.1) is 0 Å². The molecule has 0 saturated heterocycles. The van der Waals surface area contributed by atoms with Crippen LogP contribution in [0.25, 0.3) is 0 Å². The normalized spacial score (nSPS) is 10.3. The van der Waals surface area contributed by atoms with E-state index in [0.29, 0.717) is 11.0 Å². The first-order valence-electron chi connectivity index (χ1n) is 4.71. The number of anilines is 2. The van der Waals surface area contributed by atoms with Crippen molar-refractivity contribution in [1.29, 1.82) is 0 Å². The van der Waals surface area contributed by atoms with Gasteiger partial charge in [0.05, 0.1) is 0 Å². The average molecular weight is 252 g/mol. The molecule has 0 aliphatic rings. The summed E-state index contributed by atoms with van der Waals surface area (Å²) in [6.07, 6.45) is 1.93. The molecule has 0 aromatic carbocycles. The molecule has 0 aliphatic carbocycles. The highest BCUT2D eigenvalue weighted by molar-refractivity contribution is 7.98. The van der Waals surface area contributed by atoms with Gasteiger partial charge in [0.15, 0.2) is 5.16 Å². The topological polar surface area (TPSA) is 63.8 Å². The van der Waals surface area contributed by atoms with Crippen LogP contribution in [0.2, 0.25) is 0 Å². The Labute approximate surface area is 102 Å². The Morgan fingerprint density at radius 2 is 2.38 bits per heavy atom. The number of aromatic nitrogens is 2. The van der Waals surface area contributed by atoms with Crippen LogP contribution in [0, 0.1) is 0 Å². The van der Waals surface area contributed by atoms with Crippen LogP contribution in [0.5, 0.6) is 0 Å². The first-order chi connectivity index (χ1) is 7.78. The van der Waals surface area contributed by atoms with Crippen molar-refractivity contribution >= 4 is 34.7 Å². The summed E-state index contributed by atoms with van der Waals surface area (Å²) in [5.74, 6) is 1.26. The molecular weight excluding hydrogens is 240 g/mol. The summed E-state index contributed by atoms with van der Waals surface area (Å²) in [4.78, 5) is 8.40. The second-order valence-corrected chi connectivity index (χ2v) is 4.70. The molecule has 0 spiro atoms. The number of rotatable bonds is 4. The molecule has 0 fully saturated rings. The number of nitrogens with two attached hydrogens (primary N) is 1. The number of nitrogens with zero attached hydrogens (tertiary/aromatic N) is 2. The Morgan fingerprint density at radius 1 is 1.50 bits per heavy atom. The molecule has 2 heterocycles. The van der Waals surface area contributed by atoms with Gasteiger partial charge in [-0.2, -0.15) is 11.3 Å². The van der Waals surface area contributed by atoms with Gasteiger partial charge < -0.3 is 11.1 Å². The molecular formula is C10H12N4S2.